The summed E-state index contributed by atoms with van der Waals surface area (Å²) in [4.78, 5) is 13.1. The first kappa shape index (κ1) is 13.8. The molecule has 21 heavy (non-hydrogen) atoms. The normalized spacial score (nSPS) is 10.9. The van der Waals surface area contributed by atoms with Crippen molar-refractivity contribution in [1.82, 2.24) is 15.1 Å². The van der Waals surface area contributed by atoms with E-state index in [-0.39, 0.29) is 5.91 Å². The number of carbonyl (C=O) groups excluding carboxylic acids is 1. The van der Waals surface area contributed by atoms with E-state index in [1.807, 2.05) is 40.5 Å². The molecule has 1 aromatic carbocycles. The molecule has 5 heteroatoms. The number of hydrogen-bond acceptors (Lipinski definition) is 3. The van der Waals surface area contributed by atoms with Crippen molar-refractivity contribution in [3.05, 3.63) is 52.3 Å². The smallest absolute Gasteiger partial charge is 0.222 e. The topological polar surface area (TPSA) is 46.9 Å². The number of aromatic nitrogens is 2. The van der Waals surface area contributed by atoms with E-state index in [4.69, 9.17) is 0 Å². The van der Waals surface area contributed by atoms with Gasteiger partial charge in [-0.3, -0.25) is 9.48 Å². The van der Waals surface area contributed by atoms with E-state index < -0.39 is 0 Å². The standard InChI is InChI=1S/C16H17N3OS/c1-12-4-2-6-15-14(12)11-18-19(15)8-7-16(20)17-10-13-5-3-9-21-13/h2-6,9,11H,7-8,10H2,1H3,(H,17,20). The van der Waals surface area contributed by atoms with Gasteiger partial charge >= 0.3 is 0 Å². The molecule has 4 nitrogen and oxygen atoms in total. The highest BCUT2D eigenvalue weighted by Crippen LogP contribution is 2.17. The lowest BCUT2D eigenvalue weighted by Crippen LogP contribution is -2.23. The van der Waals surface area contributed by atoms with Crippen LogP contribution in [0, 0.1) is 6.92 Å². The Labute approximate surface area is 127 Å². The lowest BCUT2D eigenvalue weighted by Gasteiger charge is -2.05. The molecule has 0 saturated carbocycles. The van der Waals surface area contributed by atoms with Crippen LogP contribution in [0.5, 0.6) is 0 Å². The van der Waals surface area contributed by atoms with Gasteiger partial charge in [-0.25, -0.2) is 0 Å². The molecule has 0 spiro atoms. The highest BCUT2D eigenvalue weighted by atomic mass is 32.1. The predicted molar refractivity (Wildman–Crippen MR) is 85.3 cm³/mol. The molecule has 2 aromatic heterocycles. The van der Waals surface area contributed by atoms with Crippen LogP contribution in [0.1, 0.15) is 16.9 Å². The van der Waals surface area contributed by atoms with E-state index in [9.17, 15) is 4.79 Å². The fourth-order valence-corrected chi connectivity index (χ4v) is 2.97. The van der Waals surface area contributed by atoms with Crippen LogP contribution < -0.4 is 5.32 Å². The first-order valence-corrected chi connectivity index (χ1v) is 7.82. The molecule has 0 bridgehead atoms. The minimum absolute atomic E-state index is 0.0553. The Morgan fingerprint density at radius 3 is 3.05 bits per heavy atom. The molecule has 3 rings (SSSR count). The lowest BCUT2D eigenvalue weighted by atomic mass is 10.1. The third kappa shape index (κ3) is 3.13. The van der Waals surface area contributed by atoms with Gasteiger partial charge in [0.15, 0.2) is 0 Å². The molecular formula is C16H17N3OS. The van der Waals surface area contributed by atoms with E-state index in [1.54, 1.807) is 11.3 Å². The van der Waals surface area contributed by atoms with Crippen LogP contribution >= 0.6 is 11.3 Å². The monoisotopic (exact) mass is 299 g/mol. The van der Waals surface area contributed by atoms with Gasteiger partial charge in [-0.05, 0) is 30.0 Å². The maximum absolute atomic E-state index is 11.9. The lowest BCUT2D eigenvalue weighted by molar-refractivity contribution is -0.121. The number of fused-ring (bicyclic) bond motifs is 1. The third-order valence-electron chi connectivity index (χ3n) is 3.50. The summed E-state index contributed by atoms with van der Waals surface area (Å²) in [5.74, 6) is 0.0553. The minimum Gasteiger partial charge on any atom is -0.351 e. The van der Waals surface area contributed by atoms with Crippen molar-refractivity contribution in [2.45, 2.75) is 26.4 Å². The van der Waals surface area contributed by atoms with Gasteiger partial charge in [0.05, 0.1) is 24.8 Å². The van der Waals surface area contributed by atoms with Crippen molar-refractivity contribution in [1.29, 1.82) is 0 Å². The zero-order valence-electron chi connectivity index (χ0n) is 11.9. The first-order valence-electron chi connectivity index (χ1n) is 6.94. The summed E-state index contributed by atoms with van der Waals surface area (Å²) >= 11 is 1.65. The second-order valence-corrected chi connectivity index (χ2v) is 6.01. The van der Waals surface area contributed by atoms with Crippen molar-refractivity contribution in [3.63, 3.8) is 0 Å². The molecule has 0 radical (unpaired) electrons. The molecule has 0 aliphatic carbocycles. The van der Waals surface area contributed by atoms with Crippen LogP contribution in [0.2, 0.25) is 0 Å². The molecule has 1 amide bonds. The Morgan fingerprint density at radius 1 is 1.33 bits per heavy atom. The quantitative estimate of drug-likeness (QED) is 0.787. The van der Waals surface area contributed by atoms with Crippen molar-refractivity contribution < 1.29 is 4.79 Å². The molecule has 0 aliphatic heterocycles. The summed E-state index contributed by atoms with van der Waals surface area (Å²) in [6.45, 7) is 3.28. The highest BCUT2D eigenvalue weighted by Gasteiger charge is 2.07. The van der Waals surface area contributed by atoms with Crippen LogP contribution in [-0.2, 0) is 17.9 Å². The van der Waals surface area contributed by atoms with Crippen LogP contribution in [0.3, 0.4) is 0 Å². The SMILES string of the molecule is Cc1cccc2c1cnn2CCC(=O)NCc1cccs1. The predicted octanol–water partition coefficient (Wildman–Crippen LogP) is 3.11. The zero-order chi connectivity index (χ0) is 14.7. The molecule has 0 unspecified atom stereocenters. The second-order valence-electron chi connectivity index (χ2n) is 4.98. The van der Waals surface area contributed by atoms with Gasteiger partial charge in [-0.2, -0.15) is 5.10 Å². The molecule has 2 heterocycles. The Hall–Kier alpha value is -2.14. The van der Waals surface area contributed by atoms with Crippen LogP contribution in [0.25, 0.3) is 10.9 Å². The zero-order valence-corrected chi connectivity index (χ0v) is 12.7. The van der Waals surface area contributed by atoms with Gasteiger partial charge < -0.3 is 5.32 Å². The van der Waals surface area contributed by atoms with Crippen molar-refractivity contribution >= 4 is 28.1 Å². The Morgan fingerprint density at radius 2 is 2.24 bits per heavy atom. The molecule has 0 saturated heterocycles. The Balaban J connectivity index is 1.59. The second kappa shape index (κ2) is 6.10. The van der Waals surface area contributed by atoms with Gasteiger partial charge in [0, 0.05) is 16.7 Å². The van der Waals surface area contributed by atoms with Gasteiger partial charge in [0.25, 0.3) is 0 Å². The van der Waals surface area contributed by atoms with Gasteiger partial charge in [-0.15, -0.1) is 11.3 Å². The van der Waals surface area contributed by atoms with E-state index in [0.29, 0.717) is 19.5 Å². The summed E-state index contributed by atoms with van der Waals surface area (Å²) in [7, 11) is 0. The van der Waals surface area contributed by atoms with E-state index in [0.717, 1.165) is 10.9 Å². The molecular weight excluding hydrogens is 282 g/mol. The van der Waals surface area contributed by atoms with E-state index in [1.165, 1.54) is 10.4 Å². The fourth-order valence-electron chi connectivity index (χ4n) is 2.32. The number of benzene rings is 1. The number of nitrogens with zero attached hydrogens (tertiary/aromatic N) is 2. The maximum Gasteiger partial charge on any atom is 0.222 e. The number of hydrogen-bond donors (Lipinski definition) is 1. The maximum atomic E-state index is 11.9. The van der Waals surface area contributed by atoms with Crippen LogP contribution in [-0.4, -0.2) is 15.7 Å². The van der Waals surface area contributed by atoms with Crippen LogP contribution in [0.15, 0.2) is 41.9 Å². The molecule has 0 aliphatic rings. The number of rotatable bonds is 5. The third-order valence-corrected chi connectivity index (χ3v) is 4.37. The molecule has 0 atom stereocenters. The van der Waals surface area contributed by atoms with Crippen molar-refractivity contribution in [2.24, 2.45) is 0 Å². The Kier molecular flexibility index (Phi) is 4.01. The number of aryl methyl sites for hydroxylation is 2. The average Bonchev–Trinajstić information content (AvgIpc) is 3.13. The summed E-state index contributed by atoms with van der Waals surface area (Å²) in [6, 6.07) is 10.1. The molecule has 3 aromatic rings. The number of carbonyl (C=O) groups is 1. The molecule has 108 valence electrons. The van der Waals surface area contributed by atoms with Gasteiger partial charge in [-0.1, -0.05) is 18.2 Å². The van der Waals surface area contributed by atoms with E-state index in [2.05, 4.69) is 23.4 Å². The first-order chi connectivity index (χ1) is 10.2. The van der Waals surface area contributed by atoms with Gasteiger partial charge in [0.2, 0.25) is 5.91 Å². The molecule has 1 N–H and O–H groups in total. The number of thiophene rings is 1. The molecule has 0 fully saturated rings. The Bertz CT molecular complexity index is 746. The summed E-state index contributed by atoms with van der Waals surface area (Å²) in [5.41, 5.74) is 2.29. The number of nitrogens with one attached hydrogen (secondary N) is 1. The van der Waals surface area contributed by atoms with Crippen molar-refractivity contribution in [3.8, 4) is 0 Å². The summed E-state index contributed by atoms with van der Waals surface area (Å²) < 4.78 is 1.90. The highest BCUT2D eigenvalue weighted by molar-refractivity contribution is 7.09. The van der Waals surface area contributed by atoms with Crippen LogP contribution in [0.4, 0.5) is 0 Å². The average molecular weight is 299 g/mol. The fraction of sp³-hybridized carbons (Fsp3) is 0.250. The minimum atomic E-state index is 0.0553. The number of amides is 1. The summed E-state index contributed by atoms with van der Waals surface area (Å²) in [5, 5.41) is 10.5. The van der Waals surface area contributed by atoms with Crippen molar-refractivity contribution in [2.75, 3.05) is 0 Å². The largest absolute Gasteiger partial charge is 0.351 e. The van der Waals surface area contributed by atoms with E-state index >= 15 is 0 Å². The van der Waals surface area contributed by atoms with Gasteiger partial charge in [0.1, 0.15) is 0 Å². The summed E-state index contributed by atoms with van der Waals surface area (Å²) in [6.07, 6.45) is 2.31.